The van der Waals surface area contributed by atoms with Gasteiger partial charge in [-0.15, -0.1) is 0 Å². The van der Waals surface area contributed by atoms with Crippen LogP contribution in [0.5, 0.6) is 0 Å². The maximum atomic E-state index is 11.7. The summed E-state index contributed by atoms with van der Waals surface area (Å²) in [5.41, 5.74) is 0.674. The lowest BCUT2D eigenvalue weighted by Gasteiger charge is -2.00. The molecule has 0 N–H and O–H groups in total. The summed E-state index contributed by atoms with van der Waals surface area (Å²) in [6, 6.07) is 9.04. The molecule has 16 heavy (non-hydrogen) atoms. The molecule has 0 fully saturated rings. The molecule has 4 nitrogen and oxygen atoms in total. The first-order valence-electron chi connectivity index (χ1n) is 5.08. The topological polar surface area (TPSA) is 55.7 Å². The highest BCUT2D eigenvalue weighted by Gasteiger charge is 2.17. The Bertz CT molecular complexity index is 437. The minimum Gasteiger partial charge on any atom is -0.411 e. The third kappa shape index (κ3) is 2.53. The van der Waals surface area contributed by atoms with Crippen molar-refractivity contribution in [2.24, 2.45) is 4.99 Å². The van der Waals surface area contributed by atoms with Gasteiger partial charge in [-0.25, -0.2) is 9.79 Å². The molecule has 0 saturated heterocycles. The molecule has 1 aliphatic rings. The van der Waals surface area contributed by atoms with Crippen LogP contribution in [0.3, 0.4) is 0 Å². The van der Waals surface area contributed by atoms with E-state index in [9.17, 15) is 9.59 Å². The van der Waals surface area contributed by atoms with E-state index in [1.54, 1.807) is 12.1 Å². The van der Waals surface area contributed by atoms with E-state index in [0.717, 1.165) is 0 Å². The molecule has 1 aromatic rings. The summed E-state index contributed by atoms with van der Waals surface area (Å²) < 4.78 is 4.81. The molecule has 2 rings (SSSR count). The van der Waals surface area contributed by atoms with Crippen LogP contribution in [0.2, 0.25) is 0 Å². The van der Waals surface area contributed by atoms with Gasteiger partial charge in [-0.3, -0.25) is 4.79 Å². The first-order valence-corrected chi connectivity index (χ1v) is 5.08. The van der Waals surface area contributed by atoms with Crippen molar-refractivity contribution in [3.8, 4) is 0 Å². The van der Waals surface area contributed by atoms with Crippen molar-refractivity contribution in [3.63, 3.8) is 0 Å². The summed E-state index contributed by atoms with van der Waals surface area (Å²) in [6.07, 6.45) is 0.704. The van der Waals surface area contributed by atoms with E-state index in [1.165, 1.54) is 0 Å². The zero-order valence-corrected chi connectivity index (χ0v) is 8.68. The molecular formula is C12H11NO3. The van der Waals surface area contributed by atoms with E-state index < -0.39 is 0 Å². The lowest BCUT2D eigenvalue weighted by atomic mass is 10.1. The molecule has 0 atom stereocenters. The number of carbonyl (C=O) groups is 2. The smallest absolute Gasteiger partial charge is 0.334 e. The van der Waals surface area contributed by atoms with Gasteiger partial charge in [0, 0.05) is 18.4 Å². The van der Waals surface area contributed by atoms with Crippen molar-refractivity contribution in [1.82, 2.24) is 0 Å². The van der Waals surface area contributed by atoms with E-state index in [0.29, 0.717) is 24.3 Å². The Labute approximate surface area is 92.9 Å². The Hall–Kier alpha value is -1.97. The quantitative estimate of drug-likeness (QED) is 0.568. The number of benzene rings is 1. The molecule has 0 bridgehead atoms. The van der Waals surface area contributed by atoms with E-state index in [1.807, 2.05) is 18.2 Å². The zero-order chi connectivity index (χ0) is 11.4. The molecule has 0 aromatic heterocycles. The number of nitrogens with zero attached hydrogens (tertiary/aromatic N) is 1. The molecule has 0 unspecified atom stereocenters. The molecule has 1 aliphatic heterocycles. The summed E-state index contributed by atoms with van der Waals surface area (Å²) in [5, 5.41) is 0. The number of Topliss-reactive ketones (excluding diaryl/α,β-unsaturated/α-hetero) is 1. The number of hydrogen-bond donors (Lipinski definition) is 0. The highest BCUT2D eigenvalue weighted by molar-refractivity contribution is 6.00. The molecule has 4 heteroatoms. The van der Waals surface area contributed by atoms with Crippen LogP contribution in [0, 0.1) is 0 Å². The highest BCUT2D eigenvalue weighted by Crippen LogP contribution is 2.08. The number of aliphatic imine (C=N–C) groups is 1. The van der Waals surface area contributed by atoms with Gasteiger partial charge in [0.1, 0.15) is 6.54 Å². The number of ketones is 1. The molecular weight excluding hydrogens is 206 g/mol. The second-order valence-electron chi connectivity index (χ2n) is 3.47. The fraction of sp³-hybridized carbons (Fsp3) is 0.250. The predicted molar refractivity (Wildman–Crippen MR) is 58.4 cm³/mol. The summed E-state index contributed by atoms with van der Waals surface area (Å²) in [5.74, 6) is 0.0580. The van der Waals surface area contributed by atoms with Gasteiger partial charge in [-0.05, 0) is 0 Å². The van der Waals surface area contributed by atoms with Crippen LogP contribution in [-0.4, -0.2) is 24.2 Å². The van der Waals surface area contributed by atoms with Crippen LogP contribution >= 0.6 is 0 Å². The van der Waals surface area contributed by atoms with Crippen molar-refractivity contribution < 1.29 is 14.3 Å². The second-order valence-corrected chi connectivity index (χ2v) is 3.47. The van der Waals surface area contributed by atoms with Gasteiger partial charge in [0.25, 0.3) is 0 Å². The number of cyclic esters (lactones) is 1. The van der Waals surface area contributed by atoms with E-state index in [2.05, 4.69) is 4.99 Å². The van der Waals surface area contributed by atoms with Gasteiger partial charge in [0.05, 0.1) is 0 Å². The summed E-state index contributed by atoms with van der Waals surface area (Å²) >= 11 is 0. The van der Waals surface area contributed by atoms with Gasteiger partial charge in [-0.1, -0.05) is 30.3 Å². The molecule has 1 heterocycles. The number of hydrogen-bond acceptors (Lipinski definition) is 4. The van der Waals surface area contributed by atoms with E-state index in [-0.39, 0.29) is 18.3 Å². The largest absolute Gasteiger partial charge is 0.411 e. The molecule has 0 spiro atoms. The number of esters is 1. The van der Waals surface area contributed by atoms with Crippen LogP contribution in [0.1, 0.15) is 23.2 Å². The minimum absolute atomic E-state index is 0.0336. The Morgan fingerprint density at radius 2 is 2.06 bits per heavy atom. The molecule has 0 aliphatic carbocycles. The zero-order valence-electron chi connectivity index (χ0n) is 8.68. The van der Waals surface area contributed by atoms with Crippen LogP contribution < -0.4 is 0 Å². The maximum Gasteiger partial charge on any atom is 0.334 e. The summed E-state index contributed by atoms with van der Waals surface area (Å²) in [4.78, 5) is 26.3. The van der Waals surface area contributed by atoms with Gasteiger partial charge < -0.3 is 4.74 Å². The highest BCUT2D eigenvalue weighted by atomic mass is 16.6. The molecule has 82 valence electrons. The fourth-order valence-electron chi connectivity index (χ4n) is 1.47. The van der Waals surface area contributed by atoms with Crippen molar-refractivity contribution in [1.29, 1.82) is 0 Å². The third-order valence-electron chi connectivity index (χ3n) is 2.28. The van der Waals surface area contributed by atoms with Gasteiger partial charge >= 0.3 is 5.97 Å². The lowest BCUT2D eigenvalue weighted by molar-refractivity contribution is -0.132. The normalized spacial score (nSPS) is 14.5. The SMILES string of the molecule is O=C1CN=C(CCC(=O)c2ccccc2)O1. The average molecular weight is 217 g/mol. The standard InChI is InChI=1S/C12H11NO3/c14-10(9-4-2-1-3-5-9)6-7-11-13-8-12(15)16-11/h1-5H,6-8H2. The Morgan fingerprint density at radius 3 is 2.69 bits per heavy atom. The van der Waals surface area contributed by atoms with Gasteiger partial charge in [0.15, 0.2) is 11.7 Å². The van der Waals surface area contributed by atoms with Crippen LogP contribution in [0.25, 0.3) is 0 Å². The van der Waals surface area contributed by atoms with Gasteiger partial charge in [-0.2, -0.15) is 0 Å². The fourth-order valence-corrected chi connectivity index (χ4v) is 1.47. The molecule has 1 aromatic carbocycles. The Balaban J connectivity index is 1.87. The summed E-state index contributed by atoms with van der Waals surface area (Å²) in [6.45, 7) is 0.0782. The number of rotatable bonds is 4. The number of carbonyl (C=O) groups excluding carboxylic acids is 2. The van der Waals surface area contributed by atoms with Crippen LogP contribution in [0.15, 0.2) is 35.3 Å². The van der Waals surface area contributed by atoms with Crippen LogP contribution in [0.4, 0.5) is 0 Å². The second kappa shape index (κ2) is 4.70. The summed E-state index contributed by atoms with van der Waals surface area (Å²) in [7, 11) is 0. The van der Waals surface area contributed by atoms with Crippen LogP contribution in [-0.2, 0) is 9.53 Å². The lowest BCUT2D eigenvalue weighted by Crippen LogP contribution is -2.07. The number of ether oxygens (including phenoxy) is 1. The van der Waals surface area contributed by atoms with E-state index in [4.69, 9.17) is 4.74 Å². The molecule has 0 amide bonds. The monoisotopic (exact) mass is 217 g/mol. The van der Waals surface area contributed by atoms with Crippen molar-refractivity contribution in [2.45, 2.75) is 12.8 Å². The van der Waals surface area contributed by atoms with Gasteiger partial charge in [0.2, 0.25) is 0 Å². The first kappa shape index (κ1) is 10.5. The predicted octanol–water partition coefficient (Wildman–Crippen LogP) is 1.60. The first-order chi connectivity index (χ1) is 7.75. The molecule has 0 saturated carbocycles. The Morgan fingerprint density at radius 1 is 1.31 bits per heavy atom. The Kier molecular flexibility index (Phi) is 3.10. The minimum atomic E-state index is -0.345. The maximum absolute atomic E-state index is 11.7. The van der Waals surface area contributed by atoms with Crippen molar-refractivity contribution in [2.75, 3.05) is 6.54 Å². The third-order valence-corrected chi connectivity index (χ3v) is 2.28. The van der Waals surface area contributed by atoms with E-state index >= 15 is 0 Å². The van der Waals surface area contributed by atoms with Crippen molar-refractivity contribution >= 4 is 17.7 Å². The average Bonchev–Trinajstić information content (AvgIpc) is 2.73. The van der Waals surface area contributed by atoms with Crippen molar-refractivity contribution in [3.05, 3.63) is 35.9 Å². The molecule has 0 radical (unpaired) electrons.